The van der Waals surface area contributed by atoms with E-state index >= 15 is 0 Å². The molecule has 0 bridgehead atoms. The minimum atomic E-state index is -0.178. The lowest BCUT2D eigenvalue weighted by molar-refractivity contribution is -0.111. The third kappa shape index (κ3) is 4.38. The van der Waals surface area contributed by atoms with E-state index in [0.29, 0.717) is 10.7 Å². The summed E-state index contributed by atoms with van der Waals surface area (Å²) in [7, 11) is 0. The molecule has 0 aliphatic carbocycles. The van der Waals surface area contributed by atoms with Crippen LogP contribution in [-0.4, -0.2) is 10.9 Å². The van der Waals surface area contributed by atoms with Gasteiger partial charge in [-0.2, -0.15) is 0 Å². The number of rotatable bonds is 4. The topological polar surface area (TPSA) is 42.0 Å². The summed E-state index contributed by atoms with van der Waals surface area (Å²) in [6.45, 7) is 0. The van der Waals surface area contributed by atoms with Crippen LogP contribution in [0.4, 0.5) is 5.13 Å². The number of carbonyl (C=O) groups excluding carboxylic acids is 1. The Morgan fingerprint density at radius 3 is 2.57 bits per heavy atom. The van der Waals surface area contributed by atoms with Gasteiger partial charge in [-0.15, -0.1) is 11.3 Å². The molecule has 0 spiro atoms. The SMILES string of the molecule is O=C(Nc1ncc(Br)s1)C(=Cc1cccs1)c1ccc(Br)cc1. The van der Waals surface area contributed by atoms with Gasteiger partial charge in [0.05, 0.1) is 9.98 Å². The molecule has 0 saturated carbocycles. The van der Waals surface area contributed by atoms with E-state index in [2.05, 4.69) is 42.2 Å². The van der Waals surface area contributed by atoms with Gasteiger partial charge in [0.15, 0.2) is 5.13 Å². The van der Waals surface area contributed by atoms with Crippen LogP contribution >= 0.6 is 54.5 Å². The zero-order valence-electron chi connectivity index (χ0n) is 11.6. The maximum atomic E-state index is 12.7. The number of amides is 1. The molecule has 116 valence electrons. The summed E-state index contributed by atoms with van der Waals surface area (Å²) in [5.74, 6) is -0.178. The van der Waals surface area contributed by atoms with E-state index in [4.69, 9.17) is 0 Å². The maximum absolute atomic E-state index is 12.7. The van der Waals surface area contributed by atoms with Crippen LogP contribution in [0.25, 0.3) is 11.6 Å². The molecular formula is C16H10Br2N2OS2. The van der Waals surface area contributed by atoms with Crippen LogP contribution in [0.15, 0.2) is 56.2 Å². The van der Waals surface area contributed by atoms with Crippen molar-refractivity contribution < 1.29 is 4.79 Å². The van der Waals surface area contributed by atoms with Gasteiger partial charge in [0, 0.05) is 14.9 Å². The third-order valence-corrected chi connectivity index (χ3v) is 5.67. The number of anilines is 1. The fourth-order valence-electron chi connectivity index (χ4n) is 1.90. The predicted molar refractivity (Wildman–Crippen MR) is 105 cm³/mol. The number of thiophene rings is 1. The molecule has 0 fully saturated rings. The van der Waals surface area contributed by atoms with E-state index in [1.54, 1.807) is 17.5 Å². The summed E-state index contributed by atoms with van der Waals surface area (Å²) in [6.07, 6.45) is 3.56. The second-order valence-corrected chi connectivity index (χ2v) is 8.81. The van der Waals surface area contributed by atoms with Crippen LogP contribution in [0.1, 0.15) is 10.4 Å². The number of hydrogen-bond donors (Lipinski definition) is 1. The molecular weight excluding hydrogens is 460 g/mol. The van der Waals surface area contributed by atoms with E-state index in [0.717, 1.165) is 18.7 Å². The number of benzene rings is 1. The molecule has 0 aliphatic rings. The van der Waals surface area contributed by atoms with Crippen LogP contribution in [-0.2, 0) is 4.79 Å². The van der Waals surface area contributed by atoms with Crippen molar-refractivity contribution in [2.24, 2.45) is 0 Å². The van der Waals surface area contributed by atoms with Gasteiger partial charge in [0.2, 0.25) is 0 Å². The van der Waals surface area contributed by atoms with Crippen molar-refractivity contribution in [2.45, 2.75) is 0 Å². The molecule has 7 heteroatoms. The smallest absolute Gasteiger partial charge is 0.258 e. The zero-order valence-corrected chi connectivity index (χ0v) is 16.4. The molecule has 1 amide bonds. The molecule has 0 aliphatic heterocycles. The minimum absolute atomic E-state index is 0.178. The highest BCUT2D eigenvalue weighted by Gasteiger charge is 2.14. The number of nitrogens with one attached hydrogen (secondary N) is 1. The molecule has 3 rings (SSSR count). The zero-order chi connectivity index (χ0) is 16.2. The number of carbonyl (C=O) groups is 1. The Balaban J connectivity index is 1.94. The van der Waals surface area contributed by atoms with Crippen LogP contribution in [0.2, 0.25) is 0 Å². The predicted octanol–water partition coefficient (Wildman–Crippen LogP) is 5.91. The second-order valence-electron chi connectivity index (χ2n) is 4.50. The van der Waals surface area contributed by atoms with Crippen LogP contribution in [0.3, 0.4) is 0 Å². The van der Waals surface area contributed by atoms with Gasteiger partial charge >= 0.3 is 0 Å². The summed E-state index contributed by atoms with van der Waals surface area (Å²) < 4.78 is 1.85. The summed E-state index contributed by atoms with van der Waals surface area (Å²) in [4.78, 5) is 17.9. The highest BCUT2D eigenvalue weighted by molar-refractivity contribution is 9.11. The van der Waals surface area contributed by atoms with Gasteiger partial charge in [0.1, 0.15) is 0 Å². The van der Waals surface area contributed by atoms with Gasteiger partial charge in [0.25, 0.3) is 5.91 Å². The van der Waals surface area contributed by atoms with E-state index in [-0.39, 0.29) is 5.91 Å². The van der Waals surface area contributed by atoms with E-state index < -0.39 is 0 Å². The van der Waals surface area contributed by atoms with Crippen molar-refractivity contribution in [1.29, 1.82) is 0 Å². The van der Waals surface area contributed by atoms with Gasteiger partial charge in [-0.05, 0) is 51.1 Å². The highest BCUT2D eigenvalue weighted by Crippen LogP contribution is 2.27. The Bertz CT molecular complexity index is 839. The Morgan fingerprint density at radius 2 is 1.96 bits per heavy atom. The largest absolute Gasteiger partial charge is 0.298 e. The molecule has 1 aromatic carbocycles. The first-order chi connectivity index (χ1) is 11.1. The fourth-order valence-corrected chi connectivity index (χ4v) is 3.92. The van der Waals surface area contributed by atoms with Crippen molar-refractivity contribution in [3.8, 4) is 0 Å². The fraction of sp³-hybridized carbons (Fsp3) is 0. The van der Waals surface area contributed by atoms with Crippen LogP contribution in [0.5, 0.6) is 0 Å². The first-order valence-electron chi connectivity index (χ1n) is 6.55. The molecule has 0 radical (unpaired) electrons. The van der Waals surface area contributed by atoms with Gasteiger partial charge in [-0.25, -0.2) is 4.98 Å². The number of thiazole rings is 1. The van der Waals surface area contributed by atoms with Crippen molar-refractivity contribution >= 4 is 77.2 Å². The van der Waals surface area contributed by atoms with E-state index in [1.807, 2.05) is 47.9 Å². The first-order valence-corrected chi connectivity index (χ1v) is 9.84. The van der Waals surface area contributed by atoms with Crippen molar-refractivity contribution in [2.75, 3.05) is 5.32 Å². The second kappa shape index (κ2) is 7.53. The Labute approximate surface area is 158 Å². The maximum Gasteiger partial charge on any atom is 0.258 e. The van der Waals surface area contributed by atoms with Crippen LogP contribution < -0.4 is 5.32 Å². The Morgan fingerprint density at radius 1 is 1.17 bits per heavy atom. The summed E-state index contributed by atoms with van der Waals surface area (Å²) in [5.41, 5.74) is 1.46. The summed E-state index contributed by atoms with van der Waals surface area (Å²) in [6, 6.07) is 11.6. The van der Waals surface area contributed by atoms with Gasteiger partial charge in [-0.3, -0.25) is 10.1 Å². The van der Waals surface area contributed by atoms with Crippen LogP contribution in [0, 0.1) is 0 Å². The summed E-state index contributed by atoms with van der Waals surface area (Å²) in [5, 5.41) is 5.40. The average molecular weight is 470 g/mol. The lowest BCUT2D eigenvalue weighted by Crippen LogP contribution is -2.13. The van der Waals surface area contributed by atoms with Crippen molar-refractivity contribution in [3.63, 3.8) is 0 Å². The quantitative estimate of drug-likeness (QED) is 0.482. The summed E-state index contributed by atoms with van der Waals surface area (Å²) >= 11 is 9.74. The molecule has 2 aromatic heterocycles. The molecule has 3 nitrogen and oxygen atoms in total. The molecule has 3 aromatic rings. The molecule has 2 heterocycles. The molecule has 0 saturated heterocycles. The standard InChI is InChI=1S/C16H10Br2N2OS2/c17-11-5-3-10(4-6-11)13(8-12-2-1-7-22-12)15(21)20-16-19-9-14(18)23-16/h1-9H,(H,19,20,21). The monoisotopic (exact) mass is 468 g/mol. The third-order valence-electron chi connectivity index (χ3n) is 2.93. The molecule has 0 atom stereocenters. The van der Waals surface area contributed by atoms with Gasteiger partial charge < -0.3 is 0 Å². The Hall–Kier alpha value is -1.28. The van der Waals surface area contributed by atoms with Crippen molar-refractivity contribution in [1.82, 2.24) is 4.98 Å². The minimum Gasteiger partial charge on any atom is -0.298 e. The number of nitrogens with zero attached hydrogens (tertiary/aromatic N) is 1. The van der Waals surface area contributed by atoms with Gasteiger partial charge in [-0.1, -0.05) is 45.5 Å². The Kier molecular flexibility index (Phi) is 5.42. The molecule has 23 heavy (non-hydrogen) atoms. The molecule has 1 N–H and O–H groups in total. The first kappa shape index (κ1) is 16.6. The average Bonchev–Trinajstić information content (AvgIpc) is 3.17. The highest BCUT2D eigenvalue weighted by atomic mass is 79.9. The van der Waals surface area contributed by atoms with Crippen molar-refractivity contribution in [3.05, 3.63) is 66.7 Å². The lowest BCUT2D eigenvalue weighted by Gasteiger charge is -2.07. The number of hydrogen-bond acceptors (Lipinski definition) is 4. The normalized spacial score (nSPS) is 11.5. The molecule has 0 unspecified atom stereocenters. The number of halogens is 2. The van der Waals surface area contributed by atoms with E-state index in [9.17, 15) is 4.79 Å². The van der Waals surface area contributed by atoms with E-state index in [1.165, 1.54) is 11.3 Å². The number of aromatic nitrogens is 1. The lowest BCUT2D eigenvalue weighted by atomic mass is 10.0.